The van der Waals surface area contributed by atoms with E-state index >= 15 is 0 Å². The summed E-state index contributed by atoms with van der Waals surface area (Å²) in [6.45, 7) is 1.95. The van der Waals surface area contributed by atoms with Crippen molar-refractivity contribution >= 4 is 42.4 Å². The van der Waals surface area contributed by atoms with Gasteiger partial charge in [0.2, 0.25) is 10.0 Å². The summed E-state index contributed by atoms with van der Waals surface area (Å²) in [6, 6.07) is 4.39. The lowest BCUT2D eigenvalue weighted by atomic mass is 10.3. The van der Waals surface area contributed by atoms with Crippen LogP contribution in [0.2, 0.25) is 0 Å². The van der Waals surface area contributed by atoms with E-state index in [1.165, 1.54) is 18.2 Å². The molecule has 0 bridgehead atoms. The van der Waals surface area contributed by atoms with Gasteiger partial charge in [0.1, 0.15) is 0 Å². The van der Waals surface area contributed by atoms with Crippen LogP contribution in [0.1, 0.15) is 6.92 Å². The highest BCUT2D eigenvalue weighted by atomic mass is 79.9. The van der Waals surface area contributed by atoms with Crippen LogP contribution in [-0.2, 0) is 20.8 Å². The number of anilines is 1. The van der Waals surface area contributed by atoms with Crippen molar-refractivity contribution in [2.75, 3.05) is 23.8 Å². The van der Waals surface area contributed by atoms with E-state index in [-0.39, 0.29) is 11.4 Å². The van der Waals surface area contributed by atoms with Crippen LogP contribution in [0.5, 0.6) is 0 Å². The van der Waals surface area contributed by atoms with Gasteiger partial charge in [-0.05, 0) is 34.1 Å². The maximum absolute atomic E-state index is 11.9. The molecule has 0 saturated heterocycles. The van der Waals surface area contributed by atoms with Gasteiger partial charge in [-0.2, -0.15) is 0 Å². The van der Waals surface area contributed by atoms with Crippen LogP contribution in [-0.4, -0.2) is 30.7 Å². The van der Waals surface area contributed by atoms with Gasteiger partial charge in [0.25, 0.3) is 0 Å². The van der Waals surface area contributed by atoms with Crippen LogP contribution in [0, 0.1) is 0 Å². The highest BCUT2D eigenvalue weighted by molar-refractivity contribution is 9.10. The molecular weight excluding hydrogens is 340 g/mol. The fourth-order valence-electron chi connectivity index (χ4n) is 1.19. The number of rotatable bonds is 6. The van der Waals surface area contributed by atoms with E-state index in [9.17, 15) is 12.6 Å². The number of sulfonamides is 1. The number of nitrogens with two attached hydrogens (primary N) is 1. The normalized spacial score (nSPS) is 13.4. The molecule has 0 fully saturated rings. The van der Waals surface area contributed by atoms with Gasteiger partial charge in [0.15, 0.2) is 0 Å². The summed E-state index contributed by atoms with van der Waals surface area (Å²) < 4.78 is 37.9. The monoisotopic (exact) mass is 354 g/mol. The zero-order chi connectivity index (χ0) is 13.8. The van der Waals surface area contributed by atoms with E-state index in [1.54, 1.807) is 6.92 Å². The Balaban J connectivity index is 2.74. The van der Waals surface area contributed by atoms with Crippen LogP contribution < -0.4 is 10.5 Å². The third-order valence-electron chi connectivity index (χ3n) is 2.23. The van der Waals surface area contributed by atoms with Gasteiger partial charge in [-0.15, -0.1) is 0 Å². The summed E-state index contributed by atoms with van der Waals surface area (Å²) in [5.41, 5.74) is 6.06. The summed E-state index contributed by atoms with van der Waals surface area (Å²) in [5, 5.41) is 0. The lowest BCUT2D eigenvalue weighted by Gasteiger charge is -2.07. The van der Waals surface area contributed by atoms with Crippen LogP contribution in [0.25, 0.3) is 0 Å². The second-order valence-corrected chi connectivity index (χ2v) is 8.00. The first-order valence-corrected chi connectivity index (χ1v) is 9.03. The van der Waals surface area contributed by atoms with Gasteiger partial charge < -0.3 is 5.73 Å². The highest BCUT2D eigenvalue weighted by Crippen LogP contribution is 2.22. The van der Waals surface area contributed by atoms with E-state index in [0.29, 0.717) is 21.7 Å². The number of nitrogens with one attached hydrogen (secondary N) is 1. The summed E-state index contributed by atoms with van der Waals surface area (Å²) >= 11 is 3.18. The van der Waals surface area contributed by atoms with Crippen molar-refractivity contribution in [1.29, 1.82) is 0 Å². The number of hydrogen-bond acceptors (Lipinski definition) is 4. The molecule has 1 atom stereocenters. The third-order valence-corrected chi connectivity index (χ3v) is 5.67. The fourth-order valence-corrected chi connectivity index (χ4v) is 3.53. The number of nitrogen functional groups attached to an aromatic ring is 1. The third kappa shape index (κ3) is 4.34. The molecule has 0 aliphatic heterocycles. The minimum absolute atomic E-state index is 0.130. The molecule has 0 saturated carbocycles. The molecule has 8 heteroatoms. The average molecular weight is 355 g/mol. The van der Waals surface area contributed by atoms with Crippen LogP contribution in [0.15, 0.2) is 27.6 Å². The smallest absolute Gasteiger partial charge is 0.240 e. The molecule has 0 heterocycles. The summed E-state index contributed by atoms with van der Waals surface area (Å²) in [7, 11) is -4.56. The Labute approximate surface area is 118 Å². The summed E-state index contributed by atoms with van der Waals surface area (Å²) in [6.07, 6.45) is 0. The molecular formula is C10H15BrN2O3S2. The first-order valence-electron chi connectivity index (χ1n) is 5.26. The predicted octanol–water partition coefficient (Wildman–Crippen LogP) is 1.08. The van der Waals surface area contributed by atoms with Crippen molar-refractivity contribution in [2.24, 2.45) is 0 Å². The zero-order valence-electron chi connectivity index (χ0n) is 9.85. The van der Waals surface area contributed by atoms with E-state index < -0.39 is 20.8 Å². The molecule has 102 valence electrons. The van der Waals surface area contributed by atoms with Crippen LogP contribution in [0.4, 0.5) is 5.69 Å². The lowest BCUT2D eigenvalue weighted by molar-refractivity contribution is 0.584. The van der Waals surface area contributed by atoms with Crippen LogP contribution in [0.3, 0.4) is 0 Å². The average Bonchev–Trinajstić information content (AvgIpc) is 2.32. The van der Waals surface area contributed by atoms with Crippen molar-refractivity contribution in [1.82, 2.24) is 4.72 Å². The van der Waals surface area contributed by atoms with Crippen molar-refractivity contribution in [3.05, 3.63) is 22.7 Å². The van der Waals surface area contributed by atoms with Crippen molar-refractivity contribution in [3.8, 4) is 0 Å². The van der Waals surface area contributed by atoms with Crippen molar-refractivity contribution in [3.63, 3.8) is 0 Å². The fraction of sp³-hybridized carbons (Fsp3) is 0.400. The first-order chi connectivity index (χ1) is 8.36. The summed E-state index contributed by atoms with van der Waals surface area (Å²) in [5.74, 6) is 0.834. The van der Waals surface area contributed by atoms with Crippen molar-refractivity contribution in [2.45, 2.75) is 11.8 Å². The summed E-state index contributed by atoms with van der Waals surface area (Å²) in [4.78, 5) is 0.130. The molecule has 0 radical (unpaired) electrons. The molecule has 1 unspecified atom stereocenters. The standard InChI is InChI=1S/C10H15BrN2O3S2/c1-2-17(14)6-5-13-18(15,16)8-3-4-10(12)9(11)7-8/h3-4,7,13H,2,5-6,12H2,1H3. The largest absolute Gasteiger partial charge is 0.398 e. The molecule has 0 amide bonds. The molecule has 0 aliphatic rings. The maximum Gasteiger partial charge on any atom is 0.240 e. The molecule has 1 aromatic carbocycles. The minimum Gasteiger partial charge on any atom is -0.398 e. The lowest BCUT2D eigenvalue weighted by Crippen LogP contribution is -2.28. The van der Waals surface area contributed by atoms with Gasteiger partial charge >= 0.3 is 0 Å². The second kappa shape index (κ2) is 6.65. The first kappa shape index (κ1) is 15.6. The van der Waals surface area contributed by atoms with Gasteiger partial charge in [0, 0.05) is 39.0 Å². The maximum atomic E-state index is 11.9. The molecule has 3 N–H and O–H groups in total. The molecule has 1 aromatic rings. The van der Waals surface area contributed by atoms with Gasteiger partial charge in [-0.25, -0.2) is 13.1 Å². The van der Waals surface area contributed by atoms with E-state index in [2.05, 4.69) is 20.7 Å². The quantitative estimate of drug-likeness (QED) is 0.748. The van der Waals surface area contributed by atoms with Crippen LogP contribution >= 0.6 is 15.9 Å². The highest BCUT2D eigenvalue weighted by Gasteiger charge is 2.14. The van der Waals surface area contributed by atoms with Gasteiger partial charge in [-0.3, -0.25) is 4.21 Å². The Bertz CT molecular complexity index is 546. The van der Waals surface area contributed by atoms with E-state index in [0.717, 1.165) is 0 Å². The topological polar surface area (TPSA) is 89.3 Å². The number of benzene rings is 1. The molecule has 0 spiro atoms. The second-order valence-electron chi connectivity index (χ2n) is 3.51. The zero-order valence-corrected chi connectivity index (χ0v) is 13.1. The van der Waals surface area contributed by atoms with E-state index in [1.807, 2.05) is 0 Å². The number of halogens is 1. The SMILES string of the molecule is CCS(=O)CCNS(=O)(=O)c1ccc(N)c(Br)c1. The Kier molecular flexibility index (Phi) is 5.77. The molecule has 0 aliphatic carbocycles. The van der Waals surface area contributed by atoms with Gasteiger partial charge in [-0.1, -0.05) is 6.92 Å². The van der Waals surface area contributed by atoms with E-state index in [4.69, 9.17) is 5.73 Å². The Morgan fingerprint density at radius 2 is 2.11 bits per heavy atom. The minimum atomic E-state index is -3.57. The molecule has 0 aromatic heterocycles. The Morgan fingerprint density at radius 1 is 1.44 bits per heavy atom. The van der Waals surface area contributed by atoms with Crippen molar-refractivity contribution < 1.29 is 12.6 Å². The Morgan fingerprint density at radius 3 is 2.67 bits per heavy atom. The molecule has 5 nitrogen and oxygen atoms in total. The molecule has 18 heavy (non-hydrogen) atoms. The molecule has 1 rings (SSSR count). The van der Waals surface area contributed by atoms with Gasteiger partial charge in [0.05, 0.1) is 4.90 Å². The Hall–Kier alpha value is -0.440. The number of hydrogen-bond donors (Lipinski definition) is 2. The predicted molar refractivity (Wildman–Crippen MR) is 77.3 cm³/mol.